The Bertz CT molecular complexity index is 917. The number of imidazole rings is 1. The number of carbonyl (C=O) groups is 1. The summed E-state index contributed by atoms with van der Waals surface area (Å²) < 4.78 is 1.76. The lowest BCUT2D eigenvalue weighted by atomic mass is 10.3. The number of halogens is 1. The fourth-order valence-electron chi connectivity index (χ4n) is 2.41. The Balaban J connectivity index is 1.73. The maximum atomic E-state index is 12.5. The summed E-state index contributed by atoms with van der Waals surface area (Å²) in [7, 11) is 1.86. The van der Waals surface area contributed by atoms with Crippen LogP contribution in [0.1, 0.15) is 18.3 Å². The first-order valence-corrected chi connectivity index (χ1v) is 8.74. The SMILES string of the molecule is Cc1nn(C)c(C)c1NC(=O)C(C)Sc1nc2ccc(Cl)cc2[nH]1. The van der Waals surface area contributed by atoms with E-state index in [0.717, 1.165) is 28.1 Å². The van der Waals surface area contributed by atoms with Gasteiger partial charge in [0, 0.05) is 12.1 Å². The van der Waals surface area contributed by atoms with Crippen LogP contribution < -0.4 is 5.32 Å². The van der Waals surface area contributed by atoms with E-state index in [1.54, 1.807) is 10.7 Å². The Morgan fingerprint density at radius 3 is 2.83 bits per heavy atom. The molecule has 0 saturated carbocycles. The van der Waals surface area contributed by atoms with Crippen LogP contribution in [-0.4, -0.2) is 30.9 Å². The van der Waals surface area contributed by atoms with E-state index in [0.29, 0.717) is 10.2 Å². The zero-order chi connectivity index (χ0) is 17.4. The number of hydrogen-bond acceptors (Lipinski definition) is 4. The summed E-state index contributed by atoms with van der Waals surface area (Å²) in [6, 6.07) is 5.47. The summed E-state index contributed by atoms with van der Waals surface area (Å²) in [5, 5.41) is 8.30. The predicted octanol–water partition coefficient (Wildman–Crippen LogP) is 3.69. The molecule has 1 aromatic carbocycles. The molecule has 24 heavy (non-hydrogen) atoms. The number of amides is 1. The molecule has 0 saturated heterocycles. The van der Waals surface area contributed by atoms with Gasteiger partial charge in [-0.2, -0.15) is 5.10 Å². The number of aryl methyl sites for hydroxylation is 2. The normalized spacial score (nSPS) is 12.5. The van der Waals surface area contributed by atoms with E-state index in [2.05, 4.69) is 20.4 Å². The first-order valence-electron chi connectivity index (χ1n) is 7.48. The second kappa shape index (κ2) is 6.49. The molecule has 1 atom stereocenters. The second-order valence-electron chi connectivity index (χ2n) is 5.62. The summed E-state index contributed by atoms with van der Waals surface area (Å²) >= 11 is 7.35. The molecule has 0 aliphatic heterocycles. The fraction of sp³-hybridized carbons (Fsp3) is 0.312. The Kier molecular flexibility index (Phi) is 4.56. The largest absolute Gasteiger partial charge is 0.333 e. The number of thioether (sulfide) groups is 1. The molecular weight excluding hydrogens is 346 g/mol. The van der Waals surface area contributed by atoms with Crippen molar-refractivity contribution in [3.8, 4) is 0 Å². The Morgan fingerprint density at radius 1 is 1.42 bits per heavy atom. The van der Waals surface area contributed by atoms with Crippen molar-refractivity contribution in [3.63, 3.8) is 0 Å². The van der Waals surface area contributed by atoms with Gasteiger partial charge in [-0.3, -0.25) is 9.48 Å². The summed E-state index contributed by atoms with van der Waals surface area (Å²) in [5.41, 5.74) is 4.19. The molecule has 0 spiro atoms. The molecule has 0 bridgehead atoms. The maximum absolute atomic E-state index is 12.5. The number of fused-ring (bicyclic) bond motifs is 1. The van der Waals surface area contributed by atoms with Crippen molar-refractivity contribution in [2.24, 2.45) is 7.05 Å². The van der Waals surface area contributed by atoms with E-state index in [4.69, 9.17) is 11.6 Å². The van der Waals surface area contributed by atoms with Crippen molar-refractivity contribution < 1.29 is 4.79 Å². The number of nitrogens with zero attached hydrogens (tertiary/aromatic N) is 3. The van der Waals surface area contributed by atoms with Crippen molar-refractivity contribution in [2.45, 2.75) is 31.2 Å². The number of hydrogen-bond donors (Lipinski definition) is 2. The van der Waals surface area contributed by atoms with E-state index in [1.165, 1.54) is 11.8 Å². The van der Waals surface area contributed by atoms with E-state index in [9.17, 15) is 4.79 Å². The number of rotatable bonds is 4. The van der Waals surface area contributed by atoms with Gasteiger partial charge in [0.25, 0.3) is 0 Å². The van der Waals surface area contributed by atoms with Crippen molar-refractivity contribution in [3.05, 3.63) is 34.6 Å². The highest BCUT2D eigenvalue weighted by Gasteiger charge is 2.20. The Morgan fingerprint density at radius 2 is 2.17 bits per heavy atom. The third-order valence-electron chi connectivity index (χ3n) is 3.84. The van der Waals surface area contributed by atoms with Crippen molar-refractivity contribution in [2.75, 3.05) is 5.32 Å². The van der Waals surface area contributed by atoms with E-state index in [1.807, 2.05) is 40.0 Å². The highest BCUT2D eigenvalue weighted by molar-refractivity contribution is 8.00. The van der Waals surface area contributed by atoms with Crippen LogP contribution in [0.4, 0.5) is 5.69 Å². The summed E-state index contributed by atoms with van der Waals surface area (Å²) in [5.74, 6) is -0.0855. The molecule has 0 radical (unpaired) electrons. The summed E-state index contributed by atoms with van der Waals surface area (Å²) in [6.45, 7) is 5.65. The summed E-state index contributed by atoms with van der Waals surface area (Å²) in [6.07, 6.45) is 0. The summed E-state index contributed by atoms with van der Waals surface area (Å²) in [4.78, 5) is 20.1. The van der Waals surface area contributed by atoms with Crippen LogP contribution in [0.5, 0.6) is 0 Å². The van der Waals surface area contributed by atoms with E-state index >= 15 is 0 Å². The first-order chi connectivity index (χ1) is 11.3. The van der Waals surface area contributed by atoms with Crippen molar-refractivity contribution in [1.82, 2.24) is 19.7 Å². The van der Waals surface area contributed by atoms with Gasteiger partial charge in [0.1, 0.15) is 0 Å². The molecule has 0 aliphatic rings. The van der Waals surface area contributed by atoms with Gasteiger partial charge in [-0.25, -0.2) is 4.98 Å². The number of nitrogens with one attached hydrogen (secondary N) is 2. The van der Waals surface area contributed by atoms with Crippen molar-refractivity contribution in [1.29, 1.82) is 0 Å². The highest BCUT2D eigenvalue weighted by atomic mass is 35.5. The van der Waals surface area contributed by atoms with Gasteiger partial charge in [0.05, 0.1) is 33.4 Å². The Hall–Kier alpha value is -1.99. The molecular formula is C16H18ClN5OS. The van der Waals surface area contributed by atoms with Crippen LogP contribution in [0.15, 0.2) is 23.4 Å². The molecule has 2 N–H and O–H groups in total. The molecule has 2 aromatic heterocycles. The van der Waals surface area contributed by atoms with Crippen LogP contribution in [-0.2, 0) is 11.8 Å². The molecule has 6 nitrogen and oxygen atoms in total. The van der Waals surface area contributed by atoms with Gasteiger partial charge in [-0.1, -0.05) is 23.4 Å². The molecule has 126 valence electrons. The van der Waals surface area contributed by atoms with Gasteiger partial charge >= 0.3 is 0 Å². The molecule has 8 heteroatoms. The quantitative estimate of drug-likeness (QED) is 0.693. The van der Waals surface area contributed by atoms with Gasteiger partial charge in [0.15, 0.2) is 5.16 Å². The highest BCUT2D eigenvalue weighted by Crippen LogP contribution is 2.26. The Labute approximate surface area is 149 Å². The fourth-order valence-corrected chi connectivity index (χ4v) is 3.41. The lowest BCUT2D eigenvalue weighted by molar-refractivity contribution is -0.115. The third-order valence-corrected chi connectivity index (χ3v) is 5.06. The number of H-pyrrole nitrogens is 1. The molecule has 3 aromatic rings. The molecule has 2 heterocycles. The number of aromatic nitrogens is 4. The maximum Gasteiger partial charge on any atom is 0.237 e. The number of carbonyl (C=O) groups excluding carboxylic acids is 1. The van der Waals surface area contributed by atoms with E-state index < -0.39 is 0 Å². The zero-order valence-electron chi connectivity index (χ0n) is 13.8. The molecule has 0 aliphatic carbocycles. The van der Waals surface area contributed by atoms with Gasteiger partial charge in [-0.05, 0) is 39.0 Å². The smallest absolute Gasteiger partial charge is 0.237 e. The molecule has 1 unspecified atom stereocenters. The van der Waals surface area contributed by atoms with Crippen LogP contribution in [0.2, 0.25) is 5.02 Å². The molecule has 1 amide bonds. The zero-order valence-corrected chi connectivity index (χ0v) is 15.4. The second-order valence-corrected chi connectivity index (χ2v) is 7.39. The minimum Gasteiger partial charge on any atom is -0.333 e. The topological polar surface area (TPSA) is 75.6 Å². The molecule has 3 rings (SSSR count). The third kappa shape index (κ3) is 3.27. The predicted molar refractivity (Wildman–Crippen MR) is 97.7 cm³/mol. The molecule has 0 fully saturated rings. The average molecular weight is 364 g/mol. The standard InChI is InChI=1S/C16H18ClN5OS/c1-8-14(9(2)22(4)21-8)20-15(23)10(3)24-16-18-12-6-5-11(17)7-13(12)19-16/h5-7,10H,1-4H3,(H,18,19)(H,20,23). The van der Waals surface area contributed by atoms with Crippen LogP contribution in [0.3, 0.4) is 0 Å². The first kappa shape index (κ1) is 16.9. The number of aromatic amines is 1. The average Bonchev–Trinajstić information content (AvgIpc) is 3.01. The lowest BCUT2D eigenvalue weighted by Gasteiger charge is -2.10. The van der Waals surface area contributed by atoms with Crippen LogP contribution in [0, 0.1) is 13.8 Å². The van der Waals surface area contributed by atoms with E-state index in [-0.39, 0.29) is 11.2 Å². The number of benzene rings is 1. The van der Waals surface area contributed by atoms with Crippen LogP contribution in [0.25, 0.3) is 11.0 Å². The van der Waals surface area contributed by atoms with Crippen molar-refractivity contribution >= 4 is 46.0 Å². The monoisotopic (exact) mass is 363 g/mol. The van der Waals surface area contributed by atoms with Gasteiger partial charge in [-0.15, -0.1) is 0 Å². The lowest BCUT2D eigenvalue weighted by Crippen LogP contribution is -2.23. The minimum atomic E-state index is -0.306. The minimum absolute atomic E-state index is 0.0855. The van der Waals surface area contributed by atoms with Gasteiger partial charge < -0.3 is 10.3 Å². The van der Waals surface area contributed by atoms with Gasteiger partial charge in [0.2, 0.25) is 5.91 Å². The number of anilines is 1. The van der Waals surface area contributed by atoms with Crippen LogP contribution >= 0.6 is 23.4 Å².